The molecule has 0 amide bonds. The summed E-state index contributed by atoms with van der Waals surface area (Å²) >= 11 is 3.40. The fourth-order valence-electron chi connectivity index (χ4n) is 2.21. The molecule has 2 aromatic heterocycles. The molecule has 0 atom stereocenters. The Balaban J connectivity index is 1.72. The zero-order valence-corrected chi connectivity index (χ0v) is 13.2. The number of nitrogens with zero attached hydrogens (tertiary/aromatic N) is 3. The van der Waals surface area contributed by atoms with Crippen LogP contribution < -0.4 is 10.9 Å². The van der Waals surface area contributed by atoms with Gasteiger partial charge in [0.1, 0.15) is 5.52 Å². The highest BCUT2D eigenvalue weighted by Crippen LogP contribution is 2.13. The average Bonchev–Trinajstić information content (AvgIpc) is 2.85. The molecule has 0 aliphatic heterocycles. The number of aryl methyl sites for hydroxylation is 1. The van der Waals surface area contributed by atoms with Crippen molar-refractivity contribution in [1.29, 1.82) is 0 Å². The van der Waals surface area contributed by atoms with Crippen LogP contribution in [-0.2, 0) is 6.54 Å². The maximum Gasteiger partial charge on any atom is 0.276 e. The highest BCUT2D eigenvalue weighted by atomic mass is 79.9. The number of halogens is 1. The molecule has 5 nitrogen and oxygen atoms in total. The third-order valence-electron chi connectivity index (χ3n) is 3.25. The summed E-state index contributed by atoms with van der Waals surface area (Å²) in [7, 11) is 0. The number of rotatable bonds is 4. The van der Waals surface area contributed by atoms with Crippen molar-refractivity contribution in [3.05, 3.63) is 63.2 Å². The lowest BCUT2D eigenvalue weighted by molar-refractivity contribution is 0.688. The maximum atomic E-state index is 12.3. The van der Waals surface area contributed by atoms with E-state index in [0.29, 0.717) is 18.6 Å². The molecule has 2 heterocycles. The van der Waals surface area contributed by atoms with Gasteiger partial charge in [0.15, 0.2) is 0 Å². The van der Waals surface area contributed by atoms with Gasteiger partial charge in [-0.05, 0) is 37.3 Å². The zero-order chi connectivity index (χ0) is 14.8. The van der Waals surface area contributed by atoms with Gasteiger partial charge < -0.3 is 9.88 Å². The zero-order valence-electron chi connectivity index (χ0n) is 11.6. The quantitative estimate of drug-likeness (QED) is 0.790. The largest absolute Gasteiger partial charge is 0.383 e. The number of fused-ring (bicyclic) bond motifs is 1. The summed E-state index contributed by atoms with van der Waals surface area (Å²) in [5.41, 5.74) is 2.47. The van der Waals surface area contributed by atoms with Gasteiger partial charge in [-0.2, -0.15) is 5.10 Å². The first kappa shape index (κ1) is 13.9. The number of benzene rings is 1. The van der Waals surface area contributed by atoms with Crippen LogP contribution >= 0.6 is 15.9 Å². The summed E-state index contributed by atoms with van der Waals surface area (Å²) in [5, 5.41) is 7.53. The number of anilines is 1. The lowest BCUT2D eigenvalue weighted by Gasteiger charge is -2.08. The maximum absolute atomic E-state index is 12.3. The molecule has 0 fully saturated rings. The van der Waals surface area contributed by atoms with Crippen molar-refractivity contribution >= 4 is 27.1 Å². The molecule has 0 aliphatic rings. The fourth-order valence-corrected chi connectivity index (χ4v) is 2.48. The second kappa shape index (κ2) is 5.73. The van der Waals surface area contributed by atoms with Gasteiger partial charge in [-0.3, -0.25) is 4.79 Å². The van der Waals surface area contributed by atoms with E-state index in [0.717, 1.165) is 15.9 Å². The molecule has 21 heavy (non-hydrogen) atoms. The number of hydrogen-bond acceptors (Lipinski definition) is 3. The Labute approximate surface area is 130 Å². The summed E-state index contributed by atoms with van der Waals surface area (Å²) in [6.07, 6.45) is 3.58. The molecule has 3 rings (SSSR count). The minimum absolute atomic E-state index is 0.0179. The van der Waals surface area contributed by atoms with Gasteiger partial charge in [-0.1, -0.05) is 15.9 Å². The van der Waals surface area contributed by atoms with Crippen LogP contribution in [-0.4, -0.2) is 20.7 Å². The van der Waals surface area contributed by atoms with Gasteiger partial charge in [0.2, 0.25) is 0 Å². The lowest BCUT2D eigenvalue weighted by atomic mass is 10.3. The molecule has 0 spiro atoms. The van der Waals surface area contributed by atoms with Crippen molar-refractivity contribution in [2.45, 2.75) is 13.5 Å². The topological polar surface area (TPSA) is 51.3 Å². The molecule has 1 N–H and O–H groups in total. The molecule has 3 aromatic rings. The van der Waals surface area contributed by atoms with Gasteiger partial charge in [-0.25, -0.2) is 4.52 Å². The highest BCUT2D eigenvalue weighted by Gasteiger charge is 2.04. The van der Waals surface area contributed by atoms with Crippen LogP contribution in [0.25, 0.3) is 5.52 Å². The van der Waals surface area contributed by atoms with Crippen molar-refractivity contribution in [3.63, 3.8) is 0 Å². The van der Waals surface area contributed by atoms with Gasteiger partial charge in [0.05, 0.1) is 5.69 Å². The predicted molar refractivity (Wildman–Crippen MR) is 86.8 cm³/mol. The molecular weight excluding hydrogens is 332 g/mol. The standard InChI is InChI=1S/C15H15BrN4O/c1-11-10-14-15(21)19(8-9-20(14)18-11)7-6-17-13-4-2-12(16)3-5-13/h2-5,8-10,17H,6-7H2,1H3. The van der Waals surface area contributed by atoms with E-state index in [9.17, 15) is 4.79 Å². The Morgan fingerprint density at radius 3 is 2.76 bits per heavy atom. The van der Waals surface area contributed by atoms with E-state index in [-0.39, 0.29) is 5.56 Å². The van der Waals surface area contributed by atoms with Crippen LogP contribution in [0.3, 0.4) is 0 Å². The highest BCUT2D eigenvalue weighted by molar-refractivity contribution is 9.10. The Kier molecular flexibility index (Phi) is 3.79. The minimum atomic E-state index is -0.0179. The van der Waals surface area contributed by atoms with Crippen LogP contribution in [0.15, 0.2) is 52.0 Å². The Hall–Kier alpha value is -2.08. The lowest BCUT2D eigenvalue weighted by Crippen LogP contribution is -2.24. The second-order valence-corrected chi connectivity index (χ2v) is 5.76. The van der Waals surface area contributed by atoms with Crippen molar-refractivity contribution in [3.8, 4) is 0 Å². The van der Waals surface area contributed by atoms with E-state index in [4.69, 9.17) is 0 Å². The van der Waals surface area contributed by atoms with E-state index in [1.54, 1.807) is 21.3 Å². The van der Waals surface area contributed by atoms with Gasteiger partial charge in [-0.15, -0.1) is 0 Å². The number of nitrogens with one attached hydrogen (secondary N) is 1. The Morgan fingerprint density at radius 1 is 1.24 bits per heavy atom. The number of aromatic nitrogens is 3. The van der Waals surface area contributed by atoms with E-state index >= 15 is 0 Å². The molecule has 6 heteroatoms. The van der Waals surface area contributed by atoms with Crippen LogP contribution in [0.2, 0.25) is 0 Å². The molecule has 0 unspecified atom stereocenters. The SMILES string of the molecule is Cc1cc2c(=O)n(CCNc3ccc(Br)cc3)ccn2n1. The van der Waals surface area contributed by atoms with Gasteiger partial charge in [0, 0.05) is 35.6 Å². The summed E-state index contributed by atoms with van der Waals surface area (Å²) < 4.78 is 4.37. The monoisotopic (exact) mass is 346 g/mol. The van der Waals surface area contributed by atoms with E-state index in [2.05, 4.69) is 26.3 Å². The van der Waals surface area contributed by atoms with Crippen molar-refractivity contribution in [2.75, 3.05) is 11.9 Å². The minimum Gasteiger partial charge on any atom is -0.383 e. The molecule has 1 aromatic carbocycles. The molecule has 0 bridgehead atoms. The summed E-state index contributed by atoms with van der Waals surface area (Å²) in [6, 6.07) is 9.76. The van der Waals surface area contributed by atoms with Crippen LogP contribution in [0, 0.1) is 6.92 Å². The first-order valence-corrected chi connectivity index (χ1v) is 7.48. The normalized spacial score (nSPS) is 11.0. The van der Waals surface area contributed by atoms with Gasteiger partial charge >= 0.3 is 0 Å². The summed E-state index contributed by atoms with van der Waals surface area (Å²) in [4.78, 5) is 12.3. The number of hydrogen-bond donors (Lipinski definition) is 1. The van der Waals surface area contributed by atoms with E-state index in [1.165, 1.54) is 0 Å². The fraction of sp³-hybridized carbons (Fsp3) is 0.200. The first-order valence-electron chi connectivity index (χ1n) is 6.68. The van der Waals surface area contributed by atoms with Crippen molar-refractivity contribution < 1.29 is 0 Å². The summed E-state index contributed by atoms with van der Waals surface area (Å²) in [6.45, 7) is 3.17. The second-order valence-electron chi connectivity index (χ2n) is 4.85. The smallest absolute Gasteiger partial charge is 0.276 e. The van der Waals surface area contributed by atoms with Crippen LogP contribution in [0.5, 0.6) is 0 Å². The third-order valence-corrected chi connectivity index (χ3v) is 3.78. The first-order chi connectivity index (χ1) is 10.1. The Morgan fingerprint density at radius 2 is 2.00 bits per heavy atom. The van der Waals surface area contributed by atoms with Crippen LogP contribution in [0.1, 0.15) is 5.69 Å². The average molecular weight is 347 g/mol. The molecule has 108 valence electrons. The molecule has 0 saturated carbocycles. The van der Waals surface area contributed by atoms with E-state index < -0.39 is 0 Å². The molecule has 0 saturated heterocycles. The predicted octanol–water partition coefficient (Wildman–Crippen LogP) is 2.68. The van der Waals surface area contributed by atoms with Gasteiger partial charge in [0.25, 0.3) is 5.56 Å². The van der Waals surface area contributed by atoms with E-state index in [1.807, 2.05) is 37.4 Å². The van der Waals surface area contributed by atoms with Crippen molar-refractivity contribution in [2.24, 2.45) is 0 Å². The summed E-state index contributed by atoms with van der Waals surface area (Å²) in [5.74, 6) is 0. The van der Waals surface area contributed by atoms with Crippen LogP contribution in [0.4, 0.5) is 5.69 Å². The Bertz CT molecular complexity index is 820. The molecule has 0 aliphatic carbocycles. The third kappa shape index (κ3) is 3.00. The molecular formula is C15H15BrN4O. The molecule has 0 radical (unpaired) electrons. The van der Waals surface area contributed by atoms with Crippen molar-refractivity contribution in [1.82, 2.24) is 14.2 Å².